The smallest absolute Gasteiger partial charge is 0.252 e. The summed E-state index contributed by atoms with van der Waals surface area (Å²) in [6, 6.07) is 0. The Morgan fingerprint density at radius 1 is 1.67 bits per heavy atom. The van der Waals surface area contributed by atoms with Gasteiger partial charge in [0.2, 0.25) is 5.91 Å². The number of imidazole rings is 1. The Balaban J connectivity index is 1.77. The van der Waals surface area contributed by atoms with Crippen LogP contribution in [0.2, 0.25) is 0 Å². The predicted molar refractivity (Wildman–Crippen MR) is 62.0 cm³/mol. The summed E-state index contributed by atoms with van der Waals surface area (Å²) in [5, 5.41) is 2.64. The molecule has 100 valence electrons. The highest BCUT2D eigenvalue weighted by atomic mass is 19.3. The first-order valence-electron chi connectivity index (χ1n) is 6.17. The van der Waals surface area contributed by atoms with E-state index in [1.54, 1.807) is 6.20 Å². The van der Waals surface area contributed by atoms with E-state index >= 15 is 0 Å². The van der Waals surface area contributed by atoms with Crippen LogP contribution in [0, 0.1) is 5.92 Å². The van der Waals surface area contributed by atoms with Gasteiger partial charge in [-0.3, -0.25) is 4.79 Å². The van der Waals surface area contributed by atoms with Crippen molar-refractivity contribution in [3.63, 3.8) is 0 Å². The second-order valence-corrected chi connectivity index (χ2v) is 4.68. The van der Waals surface area contributed by atoms with E-state index < -0.39 is 11.8 Å². The lowest BCUT2D eigenvalue weighted by Crippen LogP contribution is -2.25. The van der Waals surface area contributed by atoms with Gasteiger partial charge >= 0.3 is 0 Å². The molecule has 1 aromatic rings. The van der Waals surface area contributed by atoms with Crippen LogP contribution in [-0.4, -0.2) is 21.4 Å². The van der Waals surface area contributed by atoms with Gasteiger partial charge in [0.15, 0.2) is 0 Å². The van der Waals surface area contributed by atoms with Crippen molar-refractivity contribution in [3.8, 4) is 0 Å². The molecule has 1 N–H and O–H groups in total. The topological polar surface area (TPSA) is 46.9 Å². The number of carbonyl (C=O) groups is 1. The lowest BCUT2D eigenvalue weighted by atomic mass is 10.2. The van der Waals surface area contributed by atoms with Crippen molar-refractivity contribution in [2.24, 2.45) is 5.92 Å². The van der Waals surface area contributed by atoms with E-state index in [1.165, 1.54) is 0 Å². The largest absolute Gasteiger partial charge is 0.349 e. The maximum Gasteiger partial charge on any atom is 0.252 e. The summed E-state index contributed by atoms with van der Waals surface area (Å²) in [5.74, 6) is -2.97. The zero-order chi connectivity index (χ0) is 13.2. The first kappa shape index (κ1) is 13.0. The summed E-state index contributed by atoms with van der Waals surface area (Å²) in [6.07, 6.45) is 4.24. The number of halogens is 2. The summed E-state index contributed by atoms with van der Waals surface area (Å²) in [6.45, 7) is 3.19. The zero-order valence-corrected chi connectivity index (χ0v) is 10.3. The number of alkyl halides is 2. The van der Waals surface area contributed by atoms with E-state index in [2.05, 4.69) is 17.2 Å². The minimum atomic E-state index is -2.63. The average molecular weight is 257 g/mol. The predicted octanol–water partition coefficient (Wildman–Crippen LogP) is 1.95. The lowest BCUT2D eigenvalue weighted by Gasteiger charge is -2.07. The van der Waals surface area contributed by atoms with E-state index in [9.17, 15) is 13.6 Å². The van der Waals surface area contributed by atoms with Crippen LogP contribution in [0.15, 0.2) is 12.4 Å². The Morgan fingerprint density at radius 3 is 3.00 bits per heavy atom. The molecule has 1 heterocycles. The monoisotopic (exact) mass is 257 g/mol. The highest BCUT2D eigenvalue weighted by molar-refractivity contribution is 5.76. The quantitative estimate of drug-likeness (QED) is 0.846. The van der Waals surface area contributed by atoms with Crippen LogP contribution in [0.3, 0.4) is 0 Å². The van der Waals surface area contributed by atoms with Gasteiger partial charge in [-0.2, -0.15) is 0 Å². The molecule has 1 atom stereocenters. The Hall–Kier alpha value is -1.46. The third kappa shape index (κ3) is 3.05. The Kier molecular flexibility index (Phi) is 3.63. The number of aryl methyl sites for hydroxylation is 1. The van der Waals surface area contributed by atoms with Crippen molar-refractivity contribution >= 4 is 5.91 Å². The van der Waals surface area contributed by atoms with Crippen LogP contribution in [0.1, 0.15) is 32.0 Å². The molecule has 0 saturated heterocycles. The summed E-state index contributed by atoms with van der Waals surface area (Å²) in [7, 11) is 0. The van der Waals surface area contributed by atoms with Crippen LogP contribution in [-0.2, 0) is 17.9 Å². The average Bonchev–Trinajstić information content (AvgIpc) is 2.74. The number of nitrogens with one attached hydrogen (secondary N) is 1. The number of hydrogen-bond donors (Lipinski definition) is 1. The molecule has 0 unspecified atom stereocenters. The fourth-order valence-electron chi connectivity index (χ4n) is 1.92. The van der Waals surface area contributed by atoms with E-state index in [0.717, 1.165) is 18.8 Å². The number of nitrogens with zero attached hydrogens (tertiary/aromatic N) is 2. The molecule has 0 radical (unpaired) electrons. The Bertz CT molecular complexity index is 431. The molecule has 6 heteroatoms. The van der Waals surface area contributed by atoms with Gasteiger partial charge < -0.3 is 9.88 Å². The van der Waals surface area contributed by atoms with Gasteiger partial charge in [0, 0.05) is 37.7 Å². The summed E-state index contributed by atoms with van der Waals surface area (Å²) in [5.41, 5.74) is 0. The molecule has 0 aromatic carbocycles. The molecule has 1 aliphatic carbocycles. The molecule has 0 spiro atoms. The third-order valence-corrected chi connectivity index (χ3v) is 3.10. The maximum atomic E-state index is 12.6. The minimum absolute atomic E-state index is 0.0957. The van der Waals surface area contributed by atoms with Gasteiger partial charge in [0.1, 0.15) is 5.82 Å². The maximum absolute atomic E-state index is 12.6. The number of amides is 1. The number of hydrogen-bond acceptors (Lipinski definition) is 2. The molecule has 0 bridgehead atoms. The van der Waals surface area contributed by atoms with Gasteiger partial charge in [0.05, 0.1) is 6.54 Å². The summed E-state index contributed by atoms with van der Waals surface area (Å²) >= 11 is 0. The van der Waals surface area contributed by atoms with E-state index in [4.69, 9.17) is 0 Å². The zero-order valence-electron chi connectivity index (χ0n) is 10.3. The van der Waals surface area contributed by atoms with Crippen molar-refractivity contribution in [1.82, 2.24) is 14.9 Å². The van der Waals surface area contributed by atoms with Crippen LogP contribution in [0.4, 0.5) is 8.78 Å². The van der Waals surface area contributed by atoms with E-state index in [-0.39, 0.29) is 18.7 Å². The second kappa shape index (κ2) is 5.04. The molecule has 0 aliphatic heterocycles. The standard InChI is InChI=1S/C12H17F2N3O/c1-2-4-17-5-3-15-10(17)8-16-11(18)6-9-7-12(9,13)14/h3,5,9H,2,4,6-8H2,1H3,(H,16,18)/t9-/m1/s1. The molecule has 2 rings (SSSR count). The van der Waals surface area contributed by atoms with Gasteiger partial charge in [-0.1, -0.05) is 6.92 Å². The molecule has 1 fully saturated rings. The van der Waals surface area contributed by atoms with Crippen molar-refractivity contribution in [2.75, 3.05) is 0 Å². The van der Waals surface area contributed by atoms with Crippen molar-refractivity contribution in [1.29, 1.82) is 0 Å². The Morgan fingerprint density at radius 2 is 2.39 bits per heavy atom. The van der Waals surface area contributed by atoms with Crippen molar-refractivity contribution < 1.29 is 13.6 Å². The third-order valence-electron chi connectivity index (χ3n) is 3.10. The Labute approximate surface area is 104 Å². The van der Waals surface area contributed by atoms with E-state index in [0.29, 0.717) is 6.54 Å². The highest BCUT2D eigenvalue weighted by Crippen LogP contribution is 2.50. The minimum Gasteiger partial charge on any atom is -0.349 e. The fourth-order valence-corrected chi connectivity index (χ4v) is 1.92. The van der Waals surface area contributed by atoms with Crippen LogP contribution in [0.25, 0.3) is 0 Å². The van der Waals surface area contributed by atoms with Crippen LogP contribution >= 0.6 is 0 Å². The van der Waals surface area contributed by atoms with Crippen molar-refractivity contribution in [3.05, 3.63) is 18.2 Å². The lowest BCUT2D eigenvalue weighted by molar-refractivity contribution is -0.122. The normalized spacial score (nSPS) is 20.7. The van der Waals surface area contributed by atoms with Gasteiger partial charge in [-0.25, -0.2) is 13.8 Å². The number of carbonyl (C=O) groups excluding carboxylic acids is 1. The highest BCUT2D eigenvalue weighted by Gasteiger charge is 2.57. The molecular formula is C12H17F2N3O. The molecule has 1 amide bonds. The fraction of sp³-hybridized carbons (Fsp3) is 0.667. The summed E-state index contributed by atoms with van der Waals surface area (Å²) < 4.78 is 27.2. The van der Waals surface area contributed by atoms with Crippen LogP contribution in [0.5, 0.6) is 0 Å². The molecule has 1 aromatic heterocycles. The summed E-state index contributed by atoms with van der Waals surface area (Å²) in [4.78, 5) is 15.6. The SMILES string of the molecule is CCCn1ccnc1CNC(=O)C[C@@H]1CC1(F)F. The van der Waals surface area contributed by atoms with Crippen LogP contribution < -0.4 is 5.32 Å². The molecule has 4 nitrogen and oxygen atoms in total. The van der Waals surface area contributed by atoms with Gasteiger partial charge in [-0.05, 0) is 6.42 Å². The van der Waals surface area contributed by atoms with E-state index in [1.807, 2.05) is 10.8 Å². The van der Waals surface area contributed by atoms with Gasteiger partial charge in [0.25, 0.3) is 5.92 Å². The molecular weight excluding hydrogens is 240 g/mol. The van der Waals surface area contributed by atoms with Crippen molar-refractivity contribution in [2.45, 2.75) is 45.2 Å². The first-order chi connectivity index (χ1) is 8.53. The molecule has 18 heavy (non-hydrogen) atoms. The molecule has 1 saturated carbocycles. The second-order valence-electron chi connectivity index (χ2n) is 4.68. The first-order valence-corrected chi connectivity index (χ1v) is 6.17. The number of aromatic nitrogens is 2. The number of rotatable bonds is 6. The van der Waals surface area contributed by atoms with Gasteiger partial charge in [-0.15, -0.1) is 0 Å². The molecule has 1 aliphatic rings.